The van der Waals surface area contributed by atoms with Gasteiger partial charge in [0.2, 0.25) is 11.8 Å². The third-order valence-electron chi connectivity index (χ3n) is 2.72. The van der Waals surface area contributed by atoms with E-state index in [9.17, 15) is 9.59 Å². The van der Waals surface area contributed by atoms with Crippen LogP contribution >= 0.6 is 15.9 Å². The zero-order valence-corrected chi connectivity index (χ0v) is 13.7. The van der Waals surface area contributed by atoms with Crippen molar-refractivity contribution in [3.05, 3.63) is 28.7 Å². The molecule has 1 rings (SSSR count). The van der Waals surface area contributed by atoms with Crippen molar-refractivity contribution in [2.45, 2.75) is 13.0 Å². The van der Waals surface area contributed by atoms with Crippen LogP contribution in [-0.4, -0.2) is 44.7 Å². The smallest absolute Gasteiger partial charge is 0.238 e. The van der Waals surface area contributed by atoms with Gasteiger partial charge in [0.25, 0.3) is 0 Å². The summed E-state index contributed by atoms with van der Waals surface area (Å²) in [5.74, 6) is -0.376. The van der Waals surface area contributed by atoms with Crippen molar-refractivity contribution in [3.63, 3.8) is 0 Å². The average Bonchev–Trinajstić information content (AvgIpc) is 2.47. The molecule has 0 radical (unpaired) electrons. The van der Waals surface area contributed by atoms with Gasteiger partial charge in [-0.1, -0.05) is 12.1 Å². The van der Waals surface area contributed by atoms with Gasteiger partial charge in [-0.15, -0.1) is 0 Å². The molecule has 0 fully saturated rings. The molecule has 0 saturated carbocycles. The summed E-state index contributed by atoms with van der Waals surface area (Å²) in [7, 11) is 1.57. The van der Waals surface area contributed by atoms with Crippen molar-refractivity contribution in [2.24, 2.45) is 0 Å². The number of rotatable bonds is 8. The fourth-order valence-corrected chi connectivity index (χ4v) is 1.91. The molecule has 0 spiro atoms. The SMILES string of the molecule is COCCNC(=O)C(C)NCC(=O)Nc1ccccc1Br. The van der Waals surface area contributed by atoms with Gasteiger partial charge in [-0.3, -0.25) is 14.9 Å². The van der Waals surface area contributed by atoms with E-state index in [0.717, 1.165) is 4.47 Å². The molecule has 21 heavy (non-hydrogen) atoms. The molecule has 3 N–H and O–H groups in total. The van der Waals surface area contributed by atoms with E-state index in [-0.39, 0.29) is 18.4 Å². The Hall–Kier alpha value is -1.44. The topological polar surface area (TPSA) is 79.5 Å². The molecule has 116 valence electrons. The highest BCUT2D eigenvalue weighted by atomic mass is 79.9. The minimum Gasteiger partial charge on any atom is -0.383 e. The van der Waals surface area contributed by atoms with Crippen LogP contribution in [0.3, 0.4) is 0 Å². The molecule has 6 nitrogen and oxygen atoms in total. The summed E-state index contributed by atoms with van der Waals surface area (Å²) >= 11 is 3.35. The lowest BCUT2D eigenvalue weighted by Crippen LogP contribution is -2.45. The molecule has 7 heteroatoms. The van der Waals surface area contributed by atoms with Crippen molar-refractivity contribution in [2.75, 3.05) is 32.1 Å². The van der Waals surface area contributed by atoms with Crippen LogP contribution in [0.15, 0.2) is 28.7 Å². The molecule has 1 atom stereocenters. The number of hydrogen-bond donors (Lipinski definition) is 3. The van der Waals surface area contributed by atoms with E-state index in [1.165, 1.54) is 0 Å². The second kappa shape index (κ2) is 9.49. The second-order valence-corrected chi connectivity index (χ2v) is 5.27. The number of para-hydroxylation sites is 1. The Morgan fingerprint density at radius 3 is 2.71 bits per heavy atom. The van der Waals surface area contributed by atoms with Crippen molar-refractivity contribution in [1.29, 1.82) is 0 Å². The molecule has 1 aromatic rings. The van der Waals surface area contributed by atoms with Crippen molar-refractivity contribution in [3.8, 4) is 0 Å². The summed E-state index contributed by atoms with van der Waals surface area (Å²) in [6.07, 6.45) is 0. The third-order valence-corrected chi connectivity index (χ3v) is 3.41. The molecule has 2 amide bonds. The molecule has 0 saturated heterocycles. The number of nitrogens with one attached hydrogen (secondary N) is 3. The Morgan fingerprint density at radius 1 is 1.33 bits per heavy atom. The molecular formula is C14H20BrN3O3. The molecule has 0 aromatic heterocycles. The predicted octanol–water partition coefficient (Wildman–Crippen LogP) is 1.13. The Kier molecular flexibility index (Phi) is 7.96. The van der Waals surface area contributed by atoms with Crippen LogP contribution in [0.1, 0.15) is 6.92 Å². The zero-order valence-electron chi connectivity index (χ0n) is 12.1. The van der Waals surface area contributed by atoms with Crippen molar-refractivity contribution in [1.82, 2.24) is 10.6 Å². The van der Waals surface area contributed by atoms with Crippen LogP contribution in [-0.2, 0) is 14.3 Å². The summed E-state index contributed by atoms with van der Waals surface area (Å²) in [5, 5.41) is 8.33. The van der Waals surface area contributed by atoms with Crippen LogP contribution in [0.25, 0.3) is 0 Å². The van der Waals surface area contributed by atoms with Gasteiger partial charge in [0.05, 0.1) is 24.9 Å². The summed E-state index contributed by atoms with van der Waals surface area (Å²) in [6.45, 7) is 2.67. The van der Waals surface area contributed by atoms with Crippen molar-refractivity contribution >= 4 is 33.4 Å². The largest absolute Gasteiger partial charge is 0.383 e. The lowest BCUT2D eigenvalue weighted by atomic mass is 10.3. The van der Waals surface area contributed by atoms with Crippen LogP contribution in [0.4, 0.5) is 5.69 Å². The number of anilines is 1. The molecule has 0 aliphatic rings. The number of ether oxygens (including phenoxy) is 1. The normalized spacial score (nSPS) is 11.8. The van der Waals surface area contributed by atoms with Crippen LogP contribution in [0, 0.1) is 0 Å². The number of carbonyl (C=O) groups excluding carboxylic acids is 2. The van der Waals surface area contributed by atoms with E-state index in [0.29, 0.717) is 18.8 Å². The number of hydrogen-bond acceptors (Lipinski definition) is 4. The number of amides is 2. The van der Waals surface area contributed by atoms with Gasteiger partial charge >= 0.3 is 0 Å². The quantitative estimate of drug-likeness (QED) is 0.609. The first-order valence-electron chi connectivity index (χ1n) is 6.59. The standard InChI is InChI=1S/C14H20BrN3O3/c1-10(14(20)16-7-8-21-2)17-9-13(19)18-12-6-4-3-5-11(12)15/h3-6,10,17H,7-9H2,1-2H3,(H,16,20)(H,18,19). The first-order valence-corrected chi connectivity index (χ1v) is 7.38. The highest BCUT2D eigenvalue weighted by Gasteiger charge is 2.13. The Balaban J connectivity index is 2.32. The maximum Gasteiger partial charge on any atom is 0.238 e. The fourth-order valence-electron chi connectivity index (χ4n) is 1.52. The molecule has 0 heterocycles. The Labute approximate surface area is 132 Å². The van der Waals surface area contributed by atoms with Gasteiger partial charge in [-0.05, 0) is 35.0 Å². The number of methoxy groups -OCH3 is 1. The second-order valence-electron chi connectivity index (χ2n) is 4.41. The molecule has 0 bridgehead atoms. The first-order chi connectivity index (χ1) is 10.0. The van der Waals surface area contributed by atoms with E-state index in [1.54, 1.807) is 20.1 Å². The molecule has 0 aliphatic heterocycles. The van der Waals surface area contributed by atoms with E-state index >= 15 is 0 Å². The van der Waals surface area contributed by atoms with Gasteiger partial charge < -0.3 is 15.4 Å². The maximum absolute atomic E-state index is 11.8. The number of benzene rings is 1. The van der Waals surface area contributed by atoms with E-state index < -0.39 is 6.04 Å². The zero-order chi connectivity index (χ0) is 15.7. The number of halogens is 1. The lowest BCUT2D eigenvalue weighted by molar-refractivity contribution is -0.123. The predicted molar refractivity (Wildman–Crippen MR) is 85.1 cm³/mol. The first kappa shape index (κ1) is 17.6. The minimum atomic E-state index is -0.452. The molecule has 1 unspecified atom stereocenters. The molecular weight excluding hydrogens is 338 g/mol. The van der Waals surface area contributed by atoms with E-state index in [1.807, 2.05) is 18.2 Å². The van der Waals surface area contributed by atoms with Crippen LogP contribution in [0.2, 0.25) is 0 Å². The lowest BCUT2D eigenvalue weighted by Gasteiger charge is -2.14. The van der Waals surface area contributed by atoms with Crippen LogP contribution < -0.4 is 16.0 Å². The molecule has 0 aliphatic carbocycles. The third kappa shape index (κ3) is 6.70. The van der Waals surface area contributed by atoms with Gasteiger partial charge in [0.1, 0.15) is 0 Å². The maximum atomic E-state index is 11.8. The summed E-state index contributed by atoms with van der Waals surface area (Å²) in [4.78, 5) is 23.5. The van der Waals surface area contributed by atoms with E-state index in [2.05, 4.69) is 31.9 Å². The van der Waals surface area contributed by atoms with Crippen molar-refractivity contribution < 1.29 is 14.3 Å². The summed E-state index contributed by atoms with van der Waals surface area (Å²) < 4.78 is 5.65. The van der Waals surface area contributed by atoms with Gasteiger partial charge in [-0.2, -0.15) is 0 Å². The highest BCUT2D eigenvalue weighted by Crippen LogP contribution is 2.20. The monoisotopic (exact) mass is 357 g/mol. The summed E-state index contributed by atoms with van der Waals surface area (Å²) in [6, 6.07) is 6.88. The Bertz CT molecular complexity index is 482. The summed E-state index contributed by atoms with van der Waals surface area (Å²) in [5.41, 5.74) is 0.696. The Morgan fingerprint density at radius 2 is 2.05 bits per heavy atom. The number of carbonyl (C=O) groups is 2. The fraction of sp³-hybridized carbons (Fsp3) is 0.429. The van der Waals surface area contributed by atoms with Gasteiger partial charge in [0, 0.05) is 18.1 Å². The van der Waals surface area contributed by atoms with E-state index in [4.69, 9.17) is 4.74 Å². The molecule has 1 aromatic carbocycles. The van der Waals surface area contributed by atoms with Crippen LogP contribution in [0.5, 0.6) is 0 Å². The highest BCUT2D eigenvalue weighted by molar-refractivity contribution is 9.10. The minimum absolute atomic E-state index is 0.0558. The van der Waals surface area contributed by atoms with Gasteiger partial charge in [0.15, 0.2) is 0 Å². The average molecular weight is 358 g/mol. The van der Waals surface area contributed by atoms with Gasteiger partial charge in [-0.25, -0.2) is 0 Å².